The van der Waals surface area contributed by atoms with E-state index in [4.69, 9.17) is 0 Å². The van der Waals surface area contributed by atoms with Crippen LogP contribution in [0.1, 0.15) is 86.4 Å². The molecule has 334 valence electrons. The van der Waals surface area contributed by atoms with Crippen molar-refractivity contribution in [3.8, 4) is 0 Å². The number of rotatable bonds is 17. The summed E-state index contributed by atoms with van der Waals surface area (Å²) in [5.74, 6) is -3.37. The smallest absolute Gasteiger partial charge is 0.365 e. The number of hydrogen-bond donors (Lipinski definition) is 4. The highest BCUT2D eigenvalue weighted by Gasteiger charge is 2.45. The number of alkyl halides is 3. The molecule has 5 heterocycles. The molecule has 2 aromatic carbocycles. The topological polar surface area (TPSA) is 243 Å². The largest absolute Gasteiger partial charge is 0.421 e. The van der Waals surface area contributed by atoms with Crippen molar-refractivity contribution in [2.75, 3.05) is 33.6 Å². The van der Waals surface area contributed by atoms with Crippen molar-refractivity contribution in [2.24, 2.45) is 0 Å². The van der Waals surface area contributed by atoms with E-state index in [1.807, 2.05) is 0 Å². The number of hydrogen-bond acceptors (Lipinski definition) is 14. The number of fused-ring (bicyclic) bond motifs is 1. The highest BCUT2D eigenvalue weighted by molar-refractivity contribution is 7.92. The fourth-order valence-electron chi connectivity index (χ4n) is 7.18. The van der Waals surface area contributed by atoms with Crippen molar-refractivity contribution in [1.82, 2.24) is 40.2 Å². The number of amides is 5. The molecule has 19 nitrogen and oxygen atoms in total. The van der Waals surface area contributed by atoms with Crippen LogP contribution in [0.15, 0.2) is 73.2 Å². The van der Waals surface area contributed by atoms with E-state index in [9.17, 15) is 45.6 Å². The molecular weight excluding hydrogens is 862 g/mol. The van der Waals surface area contributed by atoms with Crippen molar-refractivity contribution in [1.29, 1.82) is 0 Å². The molecule has 5 amide bonds. The molecule has 0 saturated carbocycles. The van der Waals surface area contributed by atoms with Gasteiger partial charge >= 0.3 is 6.18 Å². The fraction of sp³-hybridized carbons (Fsp3) is 0.317. The van der Waals surface area contributed by atoms with E-state index in [2.05, 4.69) is 46.5 Å². The minimum atomic E-state index is -4.80. The number of carbonyl (C=O) groups excluding carboxylic acids is 5. The molecular formula is C41H41F3N12O7S. The number of imide groups is 2. The Bertz CT molecular complexity index is 2730. The van der Waals surface area contributed by atoms with Crippen LogP contribution in [0.2, 0.25) is 0 Å². The van der Waals surface area contributed by atoms with Crippen LogP contribution in [0.4, 0.5) is 42.1 Å². The molecule has 1 unspecified atom stereocenters. The molecule has 5 aromatic rings. The van der Waals surface area contributed by atoms with Gasteiger partial charge in [-0.3, -0.25) is 43.2 Å². The van der Waals surface area contributed by atoms with E-state index in [0.717, 1.165) is 46.7 Å². The van der Waals surface area contributed by atoms with Gasteiger partial charge in [-0.05, 0) is 67.6 Å². The van der Waals surface area contributed by atoms with Crippen LogP contribution in [0.5, 0.6) is 0 Å². The maximum absolute atomic E-state index is 13.9. The Labute approximate surface area is 363 Å². The molecule has 1 fully saturated rings. The number of sulfonamides is 1. The molecule has 7 rings (SSSR count). The lowest BCUT2D eigenvalue weighted by atomic mass is 9.97. The van der Waals surface area contributed by atoms with Gasteiger partial charge in [-0.25, -0.2) is 18.4 Å². The van der Waals surface area contributed by atoms with E-state index < -0.39 is 63.2 Å². The van der Waals surface area contributed by atoms with E-state index in [0.29, 0.717) is 41.7 Å². The normalized spacial score (nSPS) is 15.2. The number of halogens is 3. The average molecular weight is 903 g/mol. The third-order valence-corrected chi connectivity index (χ3v) is 11.7. The summed E-state index contributed by atoms with van der Waals surface area (Å²) < 4.78 is 68.4. The Balaban J connectivity index is 0.877. The molecule has 2 aliphatic heterocycles. The Hall–Kier alpha value is -7.30. The summed E-state index contributed by atoms with van der Waals surface area (Å²) in [6, 6.07) is 13.3. The van der Waals surface area contributed by atoms with E-state index >= 15 is 0 Å². The molecule has 0 aliphatic carbocycles. The second-order valence-corrected chi connectivity index (χ2v) is 17.0. The highest BCUT2D eigenvalue weighted by Crippen LogP contribution is 2.35. The van der Waals surface area contributed by atoms with Crippen molar-refractivity contribution in [3.63, 3.8) is 0 Å². The zero-order valence-electron chi connectivity index (χ0n) is 34.3. The van der Waals surface area contributed by atoms with Crippen LogP contribution >= 0.6 is 0 Å². The minimum absolute atomic E-state index is 0.0363. The number of benzene rings is 2. The predicted octanol–water partition coefficient (Wildman–Crippen LogP) is 4.69. The van der Waals surface area contributed by atoms with Gasteiger partial charge in [0.05, 0.1) is 23.6 Å². The number of carbonyl (C=O) groups is 5. The SMILES string of the molecule is CN(c1ncccc1CNc1nc(Nc2ccc(NC(=O)c3cn(CCCCCCc4cccc5c4C(=O)N(C4CCC(=O)NC4=O)C5=O)nn3)cc2)ncc1C(F)(F)F)S(C)(=O)=O. The van der Waals surface area contributed by atoms with Crippen LogP contribution in [0.25, 0.3) is 0 Å². The average Bonchev–Trinajstić information content (AvgIpc) is 3.83. The summed E-state index contributed by atoms with van der Waals surface area (Å²) in [6.45, 7) is 0.250. The molecule has 2 aliphatic rings. The summed E-state index contributed by atoms with van der Waals surface area (Å²) in [4.78, 5) is 76.3. The lowest BCUT2D eigenvalue weighted by Crippen LogP contribution is -2.54. The van der Waals surface area contributed by atoms with Gasteiger partial charge in [0.15, 0.2) is 5.69 Å². The van der Waals surface area contributed by atoms with Crippen molar-refractivity contribution in [3.05, 3.63) is 107 Å². The van der Waals surface area contributed by atoms with Gasteiger partial charge < -0.3 is 16.0 Å². The van der Waals surface area contributed by atoms with Gasteiger partial charge in [-0.2, -0.15) is 18.2 Å². The van der Waals surface area contributed by atoms with Gasteiger partial charge in [0, 0.05) is 55.9 Å². The van der Waals surface area contributed by atoms with Crippen molar-refractivity contribution >= 4 is 68.5 Å². The Morgan fingerprint density at radius 1 is 0.938 bits per heavy atom. The lowest BCUT2D eigenvalue weighted by Gasteiger charge is -2.27. The number of nitrogens with one attached hydrogen (secondary N) is 4. The summed E-state index contributed by atoms with van der Waals surface area (Å²) in [5, 5.41) is 18.4. The number of aromatic nitrogens is 6. The summed E-state index contributed by atoms with van der Waals surface area (Å²) >= 11 is 0. The minimum Gasteiger partial charge on any atom is -0.365 e. The molecule has 1 atom stereocenters. The maximum Gasteiger partial charge on any atom is 0.421 e. The van der Waals surface area contributed by atoms with Crippen LogP contribution in [-0.4, -0.2) is 92.1 Å². The van der Waals surface area contributed by atoms with E-state index in [1.54, 1.807) is 47.1 Å². The summed E-state index contributed by atoms with van der Waals surface area (Å²) in [7, 11) is -2.42. The first-order valence-corrected chi connectivity index (χ1v) is 21.8. The lowest BCUT2D eigenvalue weighted by molar-refractivity contribution is -0.138. The van der Waals surface area contributed by atoms with Crippen molar-refractivity contribution < 1.29 is 45.6 Å². The molecule has 3 aromatic heterocycles. The quantitative estimate of drug-likeness (QED) is 0.0731. The van der Waals surface area contributed by atoms with Crippen LogP contribution in [0.3, 0.4) is 0 Å². The van der Waals surface area contributed by atoms with Gasteiger partial charge in [0.2, 0.25) is 27.8 Å². The molecule has 0 spiro atoms. The number of piperidine rings is 1. The van der Waals surface area contributed by atoms with Crippen LogP contribution in [-0.2, 0) is 45.3 Å². The Morgan fingerprint density at radius 2 is 1.67 bits per heavy atom. The number of nitrogens with zero attached hydrogens (tertiary/aromatic N) is 8. The van der Waals surface area contributed by atoms with Gasteiger partial charge in [-0.1, -0.05) is 36.3 Å². The monoisotopic (exact) mass is 902 g/mol. The number of aryl methyl sites for hydroxylation is 2. The maximum atomic E-state index is 13.9. The third-order valence-electron chi connectivity index (χ3n) is 10.5. The van der Waals surface area contributed by atoms with Crippen molar-refractivity contribution in [2.45, 2.75) is 70.3 Å². The second kappa shape index (κ2) is 18.6. The second-order valence-electron chi connectivity index (χ2n) is 15.0. The predicted molar refractivity (Wildman–Crippen MR) is 225 cm³/mol. The van der Waals surface area contributed by atoms with Crippen LogP contribution < -0.4 is 25.6 Å². The summed E-state index contributed by atoms with van der Waals surface area (Å²) in [5.41, 5.74) is 1.30. The van der Waals surface area contributed by atoms with Crippen LogP contribution in [0, 0.1) is 0 Å². The molecule has 64 heavy (non-hydrogen) atoms. The summed E-state index contributed by atoms with van der Waals surface area (Å²) in [6.07, 6.45) is 3.41. The zero-order valence-corrected chi connectivity index (χ0v) is 35.2. The molecule has 0 bridgehead atoms. The molecule has 23 heteroatoms. The zero-order chi connectivity index (χ0) is 45.8. The first-order valence-electron chi connectivity index (χ1n) is 20.0. The number of anilines is 5. The molecule has 1 saturated heterocycles. The highest BCUT2D eigenvalue weighted by atomic mass is 32.2. The third kappa shape index (κ3) is 10.1. The molecule has 0 radical (unpaired) electrons. The Morgan fingerprint density at radius 3 is 2.41 bits per heavy atom. The van der Waals surface area contributed by atoms with E-state index in [-0.39, 0.29) is 42.4 Å². The van der Waals surface area contributed by atoms with Gasteiger partial charge in [-0.15, -0.1) is 5.10 Å². The first-order chi connectivity index (χ1) is 30.5. The molecule has 4 N–H and O–H groups in total. The van der Waals surface area contributed by atoms with Gasteiger partial charge in [0.25, 0.3) is 17.7 Å². The number of pyridine rings is 1. The van der Waals surface area contributed by atoms with Gasteiger partial charge in [0.1, 0.15) is 23.2 Å². The first kappa shape index (κ1) is 44.7. The fourth-order valence-corrected chi connectivity index (χ4v) is 7.66. The van der Waals surface area contributed by atoms with E-state index in [1.165, 1.54) is 31.6 Å². The Kier molecular flexibility index (Phi) is 13.0. The number of unbranched alkanes of at least 4 members (excludes halogenated alkanes) is 3. The standard InChI is InChI=1S/C41H41F3N12O7S/c1-54(64(2,62)63)35-25(11-8-19-45-35)21-46-34-29(41(42,43)44)22-47-40(51-34)49-27-15-13-26(14-16-27)48-36(58)30-23-55(53-52-30)20-6-4-3-5-9-24-10-7-12-28-33(24)39(61)56(38(28)60)31-17-18-32(57)50-37(31)59/h7-8,10-16,19,22-23,31H,3-6,9,17-18,20-21H2,1-2H3,(H,48,58)(H,50,57,59)(H2,46,47,49,51).